The summed E-state index contributed by atoms with van der Waals surface area (Å²) in [5.74, 6) is 0.659. The summed E-state index contributed by atoms with van der Waals surface area (Å²) in [6.07, 6.45) is 1.93. The average molecular weight is 577 g/mol. The molecule has 4 aromatic carbocycles. The highest BCUT2D eigenvalue weighted by molar-refractivity contribution is 7.89. The maximum Gasteiger partial charge on any atom is 0.328 e. The molecule has 0 aliphatic carbocycles. The molecule has 0 fully saturated rings. The van der Waals surface area contributed by atoms with E-state index in [1.807, 2.05) is 66.2 Å². The highest BCUT2D eigenvalue weighted by Gasteiger charge is 2.22. The maximum absolute atomic E-state index is 13.4. The summed E-state index contributed by atoms with van der Waals surface area (Å²) in [5.41, 5.74) is 7.35. The van der Waals surface area contributed by atoms with E-state index in [1.165, 1.54) is 0 Å². The molecule has 7 rings (SSSR count). The molecule has 3 aromatic heterocycles. The molecule has 2 N–H and O–H groups in total. The first-order valence-electron chi connectivity index (χ1n) is 13.5. The van der Waals surface area contributed by atoms with Crippen LogP contribution in [0, 0.1) is 6.92 Å². The standard InChI is InChI=1S/C32H28N6O3S/c1-20-9-12-24-25(19-33-27(24)15-20)31-35-26-13-11-23(42(40,41)34-18-21-7-5-4-6-8-21)17-29(26)38(31)22-10-14-28-30(16-22)37(3)32(39)36(28)2/h4-17,19,33-34H,18H2,1-3H3. The van der Waals surface area contributed by atoms with Gasteiger partial charge in [0, 0.05) is 49.0 Å². The molecular formula is C32H28N6O3S. The van der Waals surface area contributed by atoms with Crippen molar-refractivity contribution in [1.29, 1.82) is 0 Å². The van der Waals surface area contributed by atoms with Gasteiger partial charge in [0.25, 0.3) is 0 Å². The van der Waals surface area contributed by atoms with Gasteiger partial charge in [0.15, 0.2) is 0 Å². The molecule has 210 valence electrons. The molecule has 0 aliphatic rings. The summed E-state index contributed by atoms with van der Waals surface area (Å²) >= 11 is 0. The van der Waals surface area contributed by atoms with Gasteiger partial charge in [-0.05, 0) is 60.5 Å². The highest BCUT2D eigenvalue weighted by atomic mass is 32.2. The SMILES string of the molecule is Cc1ccc2c(-c3nc4ccc(S(=O)(=O)NCc5ccccc5)cc4n3-c3ccc4c(c3)n(C)c(=O)n4C)c[nH]c2c1. The summed E-state index contributed by atoms with van der Waals surface area (Å²) < 4.78 is 34.7. The molecule has 0 unspecified atom stereocenters. The normalized spacial score (nSPS) is 12.2. The summed E-state index contributed by atoms with van der Waals surface area (Å²) in [4.78, 5) is 21.2. The molecule has 0 spiro atoms. The quantitative estimate of drug-likeness (QED) is 0.286. The second-order valence-corrected chi connectivity index (χ2v) is 12.3. The number of benzene rings is 4. The monoisotopic (exact) mass is 576 g/mol. The van der Waals surface area contributed by atoms with Crippen LogP contribution in [-0.4, -0.2) is 32.1 Å². The van der Waals surface area contributed by atoms with E-state index >= 15 is 0 Å². The van der Waals surface area contributed by atoms with E-state index in [-0.39, 0.29) is 17.1 Å². The minimum atomic E-state index is -3.82. The summed E-state index contributed by atoms with van der Waals surface area (Å²) in [5, 5.41) is 1.00. The summed E-state index contributed by atoms with van der Waals surface area (Å²) in [7, 11) is -0.334. The van der Waals surface area contributed by atoms with Gasteiger partial charge in [-0.2, -0.15) is 0 Å². The van der Waals surface area contributed by atoms with Crippen LogP contribution in [0.1, 0.15) is 11.1 Å². The lowest BCUT2D eigenvalue weighted by atomic mass is 10.1. The number of fused-ring (bicyclic) bond motifs is 3. The predicted octanol–water partition coefficient (Wildman–Crippen LogP) is 5.15. The van der Waals surface area contributed by atoms with Crippen LogP contribution in [-0.2, 0) is 30.7 Å². The summed E-state index contributed by atoms with van der Waals surface area (Å²) in [6, 6.07) is 26.4. The number of nitrogens with zero attached hydrogens (tertiary/aromatic N) is 4. The van der Waals surface area contributed by atoms with Gasteiger partial charge in [-0.25, -0.2) is 22.9 Å². The molecule has 7 aromatic rings. The fraction of sp³-hybridized carbons (Fsp3) is 0.125. The lowest BCUT2D eigenvalue weighted by molar-refractivity contribution is 0.581. The Labute approximate surface area is 241 Å². The number of sulfonamides is 1. The number of H-pyrrole nitrogens is 1. The highest BCUT2D eigenvalue weighted by Crippen LogP contribution is 2.35. The predicted molar refractivity (Wildman–Crippen MR) is 165 cm³/mol. The van der Waals surface area contributed by atoms with E-state index in [1.54, 1.807) is 41.4 Å². The number of aromatic amines is 1. The Bertz CT molecular complexity index is 2330. The van der Waals surface area contributed by atoms with Gasteiger partial charge in [0.1, 0.15) is 5.82 Å². The molecule has 0 atom stereocenters. The third-order valence-corrected chi connectivity index (χ3v) is 9.24. The lowest BCUT2D eigenvalue weighted by Gasteiger charge is -2.11. The van der Waals surface area contributed by atoms with Crippen molar-refractivity contribution in [2.45, 2.75) is 18.4 Å². The smallest absolute Gasteiger partial charge is 0.328 e. The minimum Gasteiger partial charge on any atom is -0.360 e. The molecule has 0 saturated carbocycles. The Hall–Kier alpha value is -4.93. The van der Waals surface area contributed by atoms with Gasteiger partial charge >= 0.3 is 5.69 Å². The van der Waals surface area contributed by atoms with Crippen molar-refractivity contribution >= 4 is 43.0 Å². The third-order valence-electron chi connectivity index (χ3n) is 7.84. The van der Waals surface area contributed by atoms with Gasteiger partial charge < -0.3 is 4.98 Å². The molecule has 9 nitrogen and oxygen atoms in total. The topological polar surface area (TPSA) is 107 Å². The van der Waals surface area contributed by atoms with Crippen LogP contribution in [0.25, 0.3) is 50.0 Å². The Morgan fingerprint density at radius 1 is 0.857 bits per heavy atom. The Balaban J connectivity index is 1.44. The molecule has 0 saturated heterocycles. The Morgan fingerprint density at radius 2 is 1.64 bits per heavy atom. The molecule has 0 aliphatic heterocycles. The van der Waals surface area contributed by atoms with Crippen LogP contribution in [0.3, 0.4) is 0 Å². The fourth-order valence-electron chi connectivity index (χ4n) is 5.58. The zero-order chi connectivity index (χ0) is 29.2. The first kappa shape index (κ1) is 26.0. The van der Waals surface area contributed by atoms with Gasteiger partial charge in [0.05, 0.1) is 27.0 Å². The Kier molecular flexibility index (Phi) is 5.93. The first-order valence-corrected chi connectivity index (χ1v) is 15.0. The van der Waals surface area contributed by atoms with Crippen molar-refractivity contribution in [3.05, 3.63) is 113 Å². The van der Waals surface area contributed by atoms with E-state index in [4.69, 9.17) is 4.98 Å². The number of hydrogen-bond donors (Lipinski definition) is 2. The fourth-order valence-corrected chi connectivity index (χ4v) is 6.62. The largest absolute Gasteiger partial charge is 0.360 e. The van der Waals surface area contributed by atoms with Crippen molar-refractivity contribution in [3.63, 3.8) is 0 Å². The van der Waals surface area contributed by atoms with Crippen LogP contribution < -0.4 is 10.4 Å². The lowest BCUT2D eigenvalue weighted by Crippen LogP contribution is -2.23. The van der Waals surface area contributed by atoms with E-state index < -0.39 is 10.0 Å². The molecule has 10 heteroatoms. The Morgan fingerprint density at radius 3 is 2.45 bits per heavy atom. The van der Waals surface area contributed by atoms with Crippen molar-refractivity contribution in [3.8, 4) is 17.1 Å². The molecule has 0 bridgehead atoms. The molecular weight excluding hydrogens is 548 g/mol. The number of aryl methyl sites for hydroxylation is 3. The average Bonchev–Trinajstić information content (AvgIpc) is 3.65. The number of nitrogens with one attached hydrogen (secondary N) is 2. The number of aromatic nitrogens is 5. The van der Waals surface area contributed by atoms with Gasteiger partial charge in [-0.1, -0.05) is 42.5 Å². The zero-order valence-electron chi connectivity index (χ0n) is 23.3. The van der Waals surface area contributed by atoms with Crippen molar-refractivity contribution in [2.24, 2.45) is 14.1 Å². The van der Waals surface area contributed by atoms with Crippen LogP contribution in [0.4, 0.5) is 0 Å². The second kappa shape index (κ2) is 9.57. The van der Waals surface area contributed by atoms with Crippen LogP contribution in [0.5, 0.6) is 0 Å². The number of hydrogen-bond acceptors (Lipinski definition) is 4. The van der Waals surface area contributed by atoms with E-state index in [9.17, 15) is 13.2 Å². The maximum atomic E-state index is 13.4. The van der Waals surface area contributed by atoms with Gasteiger partial charge in [-0.15, -0.1) is 0 Å². The number of rotatable bonds is 6. The van der Waals surface area contributed by atoms with Crippen molar-refractivity contribution < 1.29 is 8.42 Å². The second-order valence-electron chi connectivity index (χ2n) is 10.6. The van der Waals surface area contributed by atoms with Gasteiger partial charge in [-0.3, -0.25) is 13.7 Å². The molecule has 0 amide bonds. The molecule has 42 heavy (non-hydrogen) atoms. The van der Waals surface area contributed by atoms with E-state index in [0.717, 1.165) is 44.3 Å². The van der Waals surface area contributed by atoms with Crippen LogP contribution in [0.15, 0.2) is 101 Å². The minimum absolute atomic E-state index is 0.122. The molecule has 3 heterocycles. The van der Waals surface area contributed by atoms with E-state index in [2.05, 4.69) is 27.9 Å². The number of imidazole rings is 2. The van der Waals surface area contributed by atoms with Gasteiger partial charge in [0.2, 0.25) is 10.0 Å². The van der Waals surface area contributed by atoms with E-state index in [0.29, 0.717) is 16.9 Å². The third kappa shape index (κ3) is 4.15. The van der Waals surface area contributed by atoms with Crippen molar-refractivity contribution in [2.75, 3.05) is 0 Å². The zero-order valence-corrected chi connectivity index (χ0v) is 24.1. The van der Waals surface area contributed by atoms with Crippen molar-refractivity contribution in [1.82, 2.24) is 28.4 Å². The summed E-state index contributed by atoms with van der Waals surface area (Å²) in [6.45, 7) is 2.22. The molecule has 0 radical (unpaired) electrons. The van der Waals surface area contributed by atoms with Crippen LogP contribution >= 0.6 is 0 Å². The first-order chi connectivity index (χ1) is 20.2. The van der Waals surface area contributed by atoms with Crippen LogP contribution in [0.2, 0.25) is 0 Å².